The van der Waals surface area contributed by atoms with E-state index in [0.717, 1.165) is 19.4 Å². The lowest BCUT2D eigenvalue weighted by molar-refractivity contribution is 0.219. The van der Waals surface area contributed by atoms with Gasteiger partial charge in [0.15, 0.2) is 0 Å². The molecule has 0 aromatic rings. The minimum atomic E-state index is -2.87. The fraction of sp³-hybridized carbons (Fsp3) is 1.00. The molecule has 5 heteroatoms. The molecule has 0 bridgehead atoms. The summed E-state index contributed by atoms with van der Waals surface area (Å²) in [5.74, 6) is 0.235. The molecule has 0 aliphatic heterocycles. The summed E-state index contributed by atoms with van der Waals surface area (Å²) in [7, 11) is -0.863. The number of hydrogen-bond acceptors (Lipinski definition) is 4. The lowest BCUT2D eigenvalue weighted by atomic mass is 10.1. The second-order valence-electron chi connectivity index (χ2n) is 6.18. The highest BCUT2D eigenvalue weighted by Gasteiger charge is 2.18. The summed E-state index contributed by atoms with van der Waals surface area (Å²) in [5, 5.41) is 3.49. The van der Waals surface area contributed by atoms with Gasteiger partial charge in [-0.05, 0) is 34.2 Å². The van der Waals surface area contributed by atoms with E-state index in [1.54, 1.807) is 0 Å². The van der Waals surface area contributed by atoms with Crippen LogP contribution >= 0.6 is 0 Å². The minimum Gasteiger partial charge on any atom is -0.311 e. The Labute approximate surface area is 113 Å². The van der Waals surface area contributed by atoms with Gasteiger partial charge in [-0.25, -0.2) is 8.42 Å². The van der Waals surface area contributed by atoms with Gasteiger partial charge >= 0.3 is 0 Å². The van der Waals surface area contributed by atoms with Gasteiger partial charge in [-0.1, -0.05) is 13.3 Å². The lowest BCUT2D eigenvalue weighted by Crippen LogP contribution is -2.47. The summed E-state index contributed by atoms with van der Waals surface area (Å²) >= 11 is 0. The van der Waals surface area contributed by atoms with Gasteiger partial charge in [0, 0.05) is 30.9 Å². The summed E-state index contributed by atoms with van der Waals surface area (Å²) in [5.41, 5.74) is 0.101. The molecule has 0 saturated carbocycles. The molecule has 0 aromatic carbocycles. The summed E-state index contributed by atoms with van der Waals surface area (Å²) < 4.78 is 22.4. The molecule has 0 amide bonds. The van der Waals surface area contributed by atoms with Gasteiger partial charge in [-0.15, -0.1) is 0 Å². The third kappa shape index (κ3) is 9.85. The van der Waals surface area contributed by atoms with Gasteiger partial charge in [-0.2, -0.15) is 0 Å². The van der Waals surface area contributed by atoms with Crippen molar-refractivity contribution < 1.29 is 8.42 Å². The Bertz CT molecular complexity index is 320. The maximum absolute atomic E-state index is 11.2. The van der Waals surface area contributed by atoms with E-state index in [-0.39, 0.29) is 11.3 Å². The first-order valence-corrected chi connectivity index (χ1v) is 8.74. The zero-order valence-corrected chi connectivity index (χ0v) is 13.6. The van der Waals surface area contributed by atoms with Crippen molar-refractivity contribution in [3.63, 3.8) is 0 Å². The largest absolute Gasteiger partial charge is 0.311 e. The smallest absolute Gasteiger partial charge is 0.148 e. The van der Waals surface area contributed by atoms with Gasteiger partial charge in [0.1, 0.15) is 9.84 Å². The van der Waals surface area contributed by atoms with Crippen LogP contribution in [0.3, 0.4) is 0 Å². The van der Waals surface area contributed by atoms with Crippen LogP contribution in [-0.4, -0.2) is 57.0 Å². The molecule has 0 saturated heterocycles. The van der Waals surface area contributed by atoms with Crippen LogP contribution in [0.4, 0.5) is 0 Å². The fourth-order valence-corrected chi connectivity index (χ4v) is 2.35. The van der Waals surface area contributed by atoms with E-state index < -0.39 is 9.84 Å². The van der Waals surface area contributed by atoms with Crippen molar-refractivity contribution in [3.05, 3.63) is 0 Å². The predicted molar refractivity (Wildman–Crippen MR) is 78.8 cm³/mol. The maximum Gasteiger partial charge on any atom is 0.148 e. The molecular formula is C13H30N2O2S. The SMILES string of the molecule is CCCC(CNC(C)(C)C)N(C)CCS(C)(=O)=O. The van der Waals surface area contributed by atoms with Crippen LogP contribution in [0.2, 0.25) is 0 Å². The van der Waals surface area contributed by atoms with Crippen LogP contribution in [0.1, 0.15) is 40.5 Å². The molecular weight excluding hydrogens is 248 g/mol. The Morgan fingerprint density at radius 1 is 1.28 bits per heavy atom. The number of rotatable bonds is 8. The van der Waals surface area contributed by atoms with E-state index in [4.69, 9.17) is 0 Å². The molecule has 0 aromatic heterocycles. The van der Waals surface area contributed by atoms with E-state index >= 15 is 0 Å². The number of nitrogens with one attached hydrogen (secondary N) is 1. The first-order chi connectivity index (χ1) is 8.05. The Kier molecular flexibility index (Phi) is 7.40. The lowest BCUT2D eigenvalue weighted by Gasteiger charge is -2.31. The van der Waals surface area contributed by atoms with Crippen LogP contribution in [0.25, 0.3) is 0 Å². The van der Waals surface area contributed by atoms with Gasteiger partial charge in [0.25, 0.3) is 0 Å². The van der Waals surface area contributed by atoms with Crippen LogP contribution < -0.4 is 5.32 Å². The van der Waals surface area contributed by atoms with E-state index in [1.165, 1.54) is 6.26 Å². The molecule has 0 rings (SSSR count). The normalized spacial score (nSPS) is 15.1. The van der Waals surface area contributed by atoms with Crippen molar-refractivity contribution in [1.29, 1.82) is 0 Å². The Balaban J connectivity index is 4.31. The number of hydrogen-bond donors (Lipinski definition) is 1. The maximum atomic E-state index is 11.2. The summed E-state index contributed by atoms with van der Waals surface area (Å²) in [6, 6.07) is 0.399. The highest BCUT2D eigenvalue weighted by Crippen LogP contribution is 2.07. The third-order valence-electron chi connectivity index (χ3n) is 2.93. The van der Waals surface area contributed by atoms with E-state index in [0.29, 0.717) is 12.6 Å². The molecule has 0 radical (unpaired) electrons. The molecule has 1 atom stereocenters. The molecule has 0 heterocycles. The van der Waals surface area contributed by atoms with Crippen LogP contribution in [0, 0.1) is 0 Å². The van der Waals surface area contributed by atoms with Gasteiger partial charge in [0.2, 0.25) is 0 Å². The van der Waals surface area contributed by atoms with Crippen molar-refractivity contribution >= 4 is 9.84 Å². The van der Waals surface area contributed by atoms with Crippen molar-refractivity contribution in [3.8, 4) is 0 Å². The van der Waals surface area contributed by atoms with Crippen LogP contribution in [0.5, 0.6) is 0 Å². The van der Waals surface area contributed by atoms with Gasteiger partial charge in [0.05, 0.1) is 5.75 Å². The monoisotopic (exact) mass is 278 g/mol. The van der Waals surface area contributed by atoms with Crippen molar-refractivity contribution in [2.45, 2.75) is 52.1 Å². The highest BCUT2D eigenvalue weighted by molar-refractivity contribution is 7.90. The fourth-order valence-electron chi connectivity index (χ4n) is 1.73. The number of likely N-dealkylation sites (N-methyl/N-ethyl adjacent to an activating group) is 1. The van der Waals surface area contributed by atoms with Crippen LogP contribution in [-0.2, 0) is 9.84 Å². The first-order valence-electron chi connectivity index (χ1n) is 6.68. The molecule has 0 spiro atoms. The quantitative estimate of drug-likeness (QED) is 0.731. The third-order valence-corrected chi connectivity index (χ3v) is 3.85. The number of nitrogens with zero attached hydrogens (tertiary/aromatic N) is 1. The Hall–Kier alpha value is -0.130. The van der Waals surface area contributed by atoms with E-state index in [2.05, 4.69) is 37.9 Å². The standard InChI is InChI=1S/C13H30N2O2S/c1-7-8-12(11-14-13(2,3)4)15(5)9-10-18(6,16)17/h12,14H,7-11H2,1-6H3. The first kappa shape index (κ1) is 17.9. The molecule has 1 unspecified atom stereocenters. The van der Waals surface area contributed by atoms with Gasteiger partial charge < -0.3 is 10.2 Å². The average molecular weight is 278 g/mol. The van der Waals surface area contributed by atoms with E-state index in [1.807, 2.05) is 7.05 Å². The Morgan fingerprint density at radius 2 is 1.83 bits per heavy atom. The Morgan fingerprint density at radius 3 is 2.22 bits per heavy atom. The second-order valence-corrected chi connectivity index (χ2v) is 8.44. The highest BCUT2D eigenvalue weighted by atomic mass is 32.2. The van der Waals surface area contributed by atoms with Crippen molar-refractivity contribution in [2.24, 2.45) is 0 Å². The topological polar surface area (TPSA) is 49.4 Å². The molecule has 0 aliphatic carbocycles. The van der Waals surface area contributed by atoms with Crippen LogP contribution in [0.15, 0.2) is 0 Å². The molecule has 1 N–H and O–H groups in total. The number of sulfone groups is 1. The van der Waals surface area contributed by atoms with Gasteiger partial charge in [-0.3, -0.25) is 0 Å². The molecule has 4 nitrogen and oxygen atoms in total. The summed E-state index contributed by atoms with van der Waals surface area (Å²) in [6.45, 7) is 10.1. The predicted octanol–water partition coefficient (Wildman–Crippen LogP) is 1.52. The van der Waals surface area contributed by atoms with Crippen molar-refractivity contribution in [1.82, 2.24) is 10.2 Å². The molecule has 0 fully saturated rings. The minimum absolute atomic E-state index is 0.101. The zero-order valence-electron chi connectivity index (χ0n) is 12.8. The zero-order chi connectivity index (χ0) is 14.4. The second kappa shape index (κ2) is 7.46. The summed E-state index contributed by atoms with van der Waals surface area (Å²) in [4.78, 5) is 2.16. The van der Waals surface area contributed by atoms with E-state index in [9.17, 15) is 8.42 Å². The average Bonchev–Trinajstić information content (AvgIpc) is 2.18. The summed E-state index contributed by atoms with van der Waals surface area (Å²) in [6.07, 6.45) is 3.49. The molecule has 110 valence electrons. The molecule has 0 aliphatic rings. The van der Waals surface area contributed by atoms with Crippen molar-refractivity contribution in [2.75, 3.05) is 32.1 Å². The molecule has 18 heavy (non-hydrogen) atoms.